The third kappa shape index (κ3) is 8.25. The van der Waals surface area contributed by atoms with E-state index in [0.717, 1.165) is 42.0 Å². The lowest BCUT2D eigenvalue weighted by molar-refractivity contribution is -0.139. The highest BCUT2D eigenvalue weighted by atomic mass is 35.5. The highest BCUT2D eigenvalue weighted by Gasteiger charge is 2.34. The molecule has 0 heterocycles. The van der Waals surface area contributed by atoms with Gasteiger partial charge < -0.3 is 15.0 Å². The zero-order valence-electron chi connectivity index (χ0n) is 25.3. The predicted molar refractivity (Wildman–Crippen MR) is 175 cm³/mol. The lowest BCUT2D eigenvalue weighted by Crippen LogP contribution is -2.53. The molecule has 4 rings (SSSR count). The number of rotatable bonds is 12. The van der Waals surface area contributed by atoms with Gasteiger partial charge in [-0.05, 0) is 75.6 Å². The molecule has 0 spiro atoms. The Balaban J connectivity index is 1.73. The monoisotopic (exact) mass is 659 g/mol. The number of hydrogen-bond donors (Lipinski definition) is 1. The molecule has 1 atom stereocenters. The van der Waals surface area contributed by atoms with E-state index in [1.807, 2.05) is 6.92 Å². The molecule has 3 aromatic carbocycles. The molecule has 44 heavy (non-hydrogen) atoms. The van der Waals surface area contributed by atoms with E-state index < -0.39 is 28.5 Å². The van der Waals surface area contributed by atoms with E-state index in [-0.39, 0.29) is 29.1 Å². The van der Waals surface area contributed by atoms with Crippen LogP contribution >= 0.6 is 23.2 Å². The van der Waals surface area contributed by atoms with Crippen molar-refractivity contribution in [3.05, 3.63) is 87.9 Å². The van der Waals surface area contributed by atoms with Gasteiger partial charge in [-0.15, -0.1) is 0 Å². The van der Waals surface area contributed by atoms with Gasteiger partial charge in [-0.3, -0.25) is 13.9 Å². The van der Waals surface area contributed by atoms with Crippen molar-refractivity contribution < 1.29 is 22.7 Å². The quantitative estimate of drug-likeness (QED) is 0.232. The first-order chi connectivity index (χ1) is 21.0. The van der Waals surface area contributed by atoms with E-state index in [9.17, 15) is 18.0 Å². The van der Waals surface area contributed by atoms with E-state index >= 15 is 0 Å². The molecule has 0 aromatic heterocycles. The Bertz CT molecular complexity index is 1560. The van der Waals surface area contributed by atoms with Gasteiger partial charge in [0.25, 0.3) is 10.0 Å². The summed E-state index contributed by atoms with van der Waals surface area (Å²) in [7, 11) is -4.23. The third-order valence-electron chi connectivity index (χ3n) is 7.80. The summed E-state index contributed by atoms with van der Waals surface area (Å²) >= 11 is 12.6. The van der Waals surface area contributed by atoms with Crippen LogP contribution < -0.4 is 14.4 Å². The first kappa shape index (κ1) is 33.6. The summed E-state index contributed by atoms with van der Waals surface area (Å²) in [5, 5.41) is 3.86. The van der Waals surface area contributed by atoms with Gasteiger partial charge in [0.15, 0.2) is 0 Å². The summed E-state index contributed by atoms with van der Waals surface area (Å²) in [6.45, 7) is 4.99. The van der Waals surface area contributed by atoms with Gasteiger partial charge in [-0.1, -0.05) is 78.4 Å². The Labute approximate surface area is 270 Å². The molecule has 0 radical (unpaired) electrons. The second-order valence-electron chi connectivity index (χ2n) is 11.0. The minimum absolute atomic E-state index is 0.0255. The second kappa shape index (κ2) is 15.1. The fraction of sp³-hybridized carbons (Fsp3) is 0.394. The maximum atomic E-state index is 14.3. The number of para-hydroxylation sites is 2. The number of benzene rings is 3. The fourth-order valence-electron chi connectivity index (χ4n) is 5.28. The molecule has 1 aliphatic rings. The Hall–Kier alpha value is -3.27. The molecule has 0 saturated heterocycles. The average Bonchev–Trinajstić information content (AvgIpc) is 3.00. The first-order valence-corrected chi connectivity index (χ1v) is 17.1. The summed E-state index contributed by atoms with van der Waals surface area (Å²) in [6, 6.07) is 17.2. The summed E-state index contributed by atoms with van der Waals surface area (Å²) < 4.78 is 35.1. The maximum absolute atomic E-state index is 14.3. The van der Waals surface area contributed by atoms with Crippen molar-refractivity contribution in [3.63, 3.8) is 0 Å². The van der Waals surface area contributed by atoms with Gasteiger partial charge in [0, 0.05) is 22.6 Å². The number of nitrogens with one attached hydrogen (secondary N) is 1. The SMILES string of the molecule is CCOc1ccccc1N(CC(=O)N(Cc1ccc(Cl)cc1Cl)[C@@H](C)C(=O)NC1CCCCC1)S(=O)(=O)c1ccc(C)cc1. The molecule has 0 bridgehead atoms. The normalized spacial score (nSPS) is 14.5. The highest BCUT2D eigenvalue weighted by Crippen LogP contribution is 2.33. The van der Waals surface area contributed by atoms with Gasteiger partial charge >= 0.3 is 0 Å². The van der Waals surface area contributed by atoms with E-state index in [1.54, 1.807) is 68.4 Å². The number of hydrogen-bond acceptors (Lipinski definition) is 5. The van der Waals surface area contributed by atoms with Gasteiger partial charge in [-0.25, -0.2) is 8.42 Å². The summed E-state index contributed by atoms with van der Waals surface area (Å²) in [4.78, 5) is 29.2. The van der Waals surface area contributed by atoms with Crippen LogP contribution in [0.25, 0.3) is 0 Å². The number of carbonyl (C=O) groups is 2. The zero-order valence-corrected chi connectivity index (χ0v) is 27.6. The molecule has 1 saturated carbocycles. The number of aryl methyl sites for hydroxylation is 1. The van der Waals surface area contributed by atoms with Crippen molar-refractivity contribution in [1.82, 2.24) is 10.2 Å². The van der Waals surface area contributed by atoms with Crippen molar-refractivity contribution >= 4 is 50.7 Å². The molecular formula is C33H39Cl2N3O5S. The topological polar surface area (TPSA) is 96.0 Å². The molecule has 2 amide bonds. The van der Waals surface area contributed by atoms with Crippen LogP contribution in [-0.4, -0.2) is 50.4 Å². The van der Waals surface area contributed by atoms with Crippen LogP contribution in [0, 0.1) is 6.92 Å². The van der Waals surface area contributed by atoms with E-state index in [0.29, 0.717) is 28.0 Å². The molecular weight excluding hydrogens is 621 g/mol. The Morgan fingerprint density at radius 3 is 2.34 bits per heavy atom. The Morgan fingerprint density at radius 2 is 1.68 bits per heavy atom. The van der Waals surface area contributed by atoms with Crippen molar-refractivity contribution in [1.29, 1.82) is 0 Å². The molecule has 11 heteroatoms. The van der Waals surface area contributed by atoms with Gasteiger partial charge in [0.2, 0.25) is 11.8 Å². The highest BCUT2D eigenvalue weighted by molar-refractivity contribution is 7.92. The zero-order chi connectivity index (χ0) is 31.9. The molecule has 3 aromatic rings. The lowest BCUT2D eigenvalue weighted by Gasteiger charge is -2.33. The van der Waals surface area contributed by atoms with Crippen molar-refractivity contribution in [2.45, 2.75) is 76.4 Å². The molecule has 1 aliphatic carbocycles. The average molecular weight is 661 g/mol. The maximum Gasteiger partial charge on any atom is 0.264 e. The standard InChI is InChI=1S/C33H39Cl2N3O5S/c1-4-43-31-13-9-8-12-30(31)38(44(41,42)28-18-14-23(2)15-19-28)22-32(39)37(21-25-16-17-26(34)20-29(25)35)24(3)33(40)36-27-10-6-5-7-11-27/h8-9,12-20,24,27H,4-7,10-11,21-22H2,1-3H3,(H,36,40)/t24-/m0/s1. The molecule has 0 unspecified atom stereocenters. The second-order valence-corrected chi connectivity index (χ2v) is 13.7. The van der Waals surface area contributed by atoms with Crippen molar-refractivity contribution in [2.24, 2.45) is 0 Å². The van der Waals surface area contributed by atoms with E-state index in [4.69, 9.17) is 27.9 Å². The minimum atomic E-state index is -4.23. The van der Waals surface area contributed by atoms with Gasteiger partial charge in [0.05, 0.1) is 17.2 Å². The number of sulfonamides is 1. The van der Waals surface area contributed by atoms with Crippen LogP contribution in [-0.2, 0) is 26.2 Å². The molecule has 0 aliphatic heterocycles. The van der Waals surface area contributed by atoms with Gasteiger partial charge in [0.1, 0.15) is 18.3 Å². The lowest BCUT2D eigenvalue weighted by atomic mass is 9.95. The number of amides is 2. The molecule has 8 nitrogen and oxygen atoms in total. The number of ether oxygens (including phenoxy) is 1. The largest absolute Gasteiger partial charge is 0.492 e. The van der Waals surface area contributed by atoms with Gasteiger partial charge in [-0.2, -0.15) is 0 Å². The van der Waals surface area contributed by atoms with E-state index in [1.165, 1.54) is 17.0 Å². The Morgan fingerprint density at radius 1 is 1.00 bits per heavy atom. The molecule has 1 N–H and O–H groups in total. The summed E-state index contributed by atoms with van der Waals surface area (Å²) in [5.41, 5.74) is 1.68. The van der Waals surface area contributed by atoms with Crippen LogP contribution in [0.15, 0.2) is 71.6 Å². The molecule has 236 valence electrons. The van der Waals surface area contributed by atoms with Crippen molar-refractivity contribution in [3.8, 4) is 5.75 Å². The minimum Gasteiger partial charge on any atom is -0.492 e. The van der Waals surface area contributed by atoms with E-state index in [2.05, 4.69) is 5.32 Å². The van der Waals surface area contributed by atoms with Crippen LogP contribution in [0.1, 0.15) is 57.1 Å². The Kier molecular flexibility index (Phi) is 11.6. The number of anilines is 1. The van der Waals surface area contributed by atoms with Crippen molar-refractivity contribution in [2.75, 3.05) is 17.5 Å². The third-order valence-corrected chi connectivity index (χ3v) is 10.2. The summed E-state index contributed by atoms with van der Waals surface area (Å²) in [6.07, 6.45) is 4.97. The first-order valence-electron chi connectivity index (χ1n) is 14.9. The summed E-state index contributed by atoms with van der Waals surface area (Å²) in [5.74, 6) is -0.573. The molecule has 1 fully saturated rings. The fourth-order valence-corrected chi connectivity index (χ4v) is 7.17. The van der Waals surface area contributed by atoms with Crippen LogP contribution in [0.3, 0.4) is 0 Å². The number of halogens is 2. The predicted octanol–water partition coefficient (Wildman–Crippen LogP) is 6.76. The van der Waals surface area contributed by atoms with Crippen LogP contribution in [0.5, 0.6) is 5.75 Å². The van der Waals surface area contributed by atoms with Crippen LogP contribution in [0.4, 0.5) is 5.69 Å². The number of nitrogens with zero attached hydrogens (tertiary/aromatic N) is 2. The number of carbonyl (C=O) groups excluding carboxylic acids is 2. The van der Waals surface area contributed by atoms with Crippen LogP contribution in [0.2, 0.25) is 10.0 Å². The smallest absolute Gasteiger partial charge is 0.264 e.